The molecule has 0 spiro atoms. The van der Waals surface area contributed by atoms with Gasteiger partial charge in [0.15, 0.2) is 0 Å². The molecule has 2 saturated heterocycles. The number of hydrogen-bond donors (Lipinski definition) is 2. The SMILES string of the molecule is O=P(O)(O)OC1CN2CCCC12. The Morgan fingerprint density at radius 2 is 2.25 bits per heavy atom. The summed E-state index contributed by atoms with van der Waals surface area (Å²) in [6.07, 6.45) is 1.88. The monoisotopic (exact) mass is 193 g/mol. The van der Waals surface area contributed by atoms with Crippen LogP contribution in [0.3, 0.4) is 0 Å². The minimum atomic E-state index is -4.26. The number of phosphoric ester groups is 1. The molecule has 2 heterocycles. The van der Waals surface area contributed by atoms with E-state index in [2.05, 4.69) is 9.42 Å². The molecular formula is C6H12NO4P. The van der Waals surface area contributed by atoms with Crippen molar-refractivity contribution in [2.45, 2.75) is 25.0 Å². The van der Waals surface area contributed by atoms with Gasteiger partial charge in [0.25, 0.3) is 0 Å². The molecule has 0 aromatic rings. The lowest BCUT2D eigenvalue weighted by molar-refractivity contribution is -0.0332. The number of phosphoric acid groups is 1. The van der Waals surface area contributed by atoms with Gasteiger partial charge in [0.1, 0.15) is 0 Å². The molecule has 2 aliphatic rings. The van der Waals surface area contributed by atoms with Crippen LogP contribution >= 0.6 is 7.82 Å². The highest BCUT2D eigenvalue weighted by molar-refractivity contribution is 7.46. The smallest absolute Gasteiger partial charge is 0.303 e. The molecule has 0 amide bonds. The average Bonchev–Trinajstić information content (AvgIpc) is 2.24. The second-order valence-electron chi connectivity index (χ2n) is 3.34. The van der Waals surface area contributed by atoms with E-state index in [9.17, 15) is 4.57 Å². The summed E-state index contributed by atoms with van der Waals surface area (Å²) < 4.78 is 15.1. The van der Waals surface area contributed by atoms with E-state index in [-0.39, 0.29) is 12.1 Å². The Kier molecular flexibility index (Phi) is 2.01. The van der Waals surface area contributed by atoms with Crippen molar-refractivity contribution in [1.29, 1.82) is 0 Å². The highest BCUT2D eigenvalue weighted by Gasteiger charge is 2.45. The van der Waals surface area contributed by atoms with Gasteiger partial charge in [-0.15, -0.1) is 0 Å². The molecule has 2 N–H and O–H groups in total. The lowest BCUT2D eigenvalue weighted by Gasteiger charge is -2.42. The molecule has 12 heavy (non-hydrogen) atoms. The molecule has 70 valence electrons. The third-order valence-corrected chi connectivity index (χ3v) is 3.08. The fourth-order valence-corrected chi connectivity index (χ4v) is 2.55. The summed E-state index contributed by atoms with van der Waals surface area (Å²) in [5.74, 6) is 0. The highest BCUT2D eigenvalue weighted by Crippen LogP contribution is 2.43. The number of nitrogens with zero attached hydrogens (tertiary/aromatic N) is 1. The van der Waals surface area contributed by atoms with Crippen LogP contribution in [-0.4, -0.2) is 39.9 Å². The molecule has 0 bridgehead atoms. The van der Waals surface area contributed by atoms with Crippen molar-refractivity contribution in [3.63, 3.8) is 0 Å². The van der Waals surface area contributed by atoms with Crippen LogP contribution in [0.15, 0.2) is 0 Å². The maximum Gasteiger partial charge on any atom is 0.469 e. The molecule has 6 heteroatoms. The van der Waals surface area contributed by atoms with Gasteiger partial charge in [-0.3, -0.25) is 9.42 Å². The van der Waals surface area contributed by atoms with Crippen molar-refractivity contribution in [2.24, 2.45) is 0 Å². The summed E-state index contributed by atoms with van der Waals surface area (Å²) in [7, 11) is -4.26. The molecular weight excluding hydrogens is 181 g/mol. The molecule has 0 aromatic heterocycles. The van der Waals surface area contributed by atoms with E-state index >= 15 is 0 Å². The maximum absolute atomic E-state index is 10.5. The summed E-state index contributed by atoms with van der Waals surface area (Å²) in [6.45, 7) is 1.72. The van der Waals surface area contributed by atoms with Gasteiger partial charge in [0.05, 0.1) is 6.10 Å². The van der Waals surface area contributed by atoms with Crippen LogP contribution in [0.1, 0.15) is 12.8 Å². The van der Waals surface area contributed by atoms with Gasteiger partial charge in [-0.2, -0.15) is 0 Å². The van der Waals surface area contributed by atoms with Crippen molar-refractivity contribution < 1.29 is 18.9 Å². The van der Waals surface area contributed by atoms with Gasteiger partial charge < -0.3 is 9.79 Å². The van der Waals surface area contributed by atoms with Gasteiger partial charge in [-0.1, -0.05) is 0 Å². The number of fused-ring (bicyclic) bond motifs is 1. The highest BCUT2D eigenvalue weighted by atomic mass is 31.2. The third kappa shape index (κ3) is 1.56. The molecule has 0 radical (unpaired) electrons. The summed E-state index contributed by atoms with van der Waals surface area (Å²) in [4.78, 5) is 19.3. The maximum atomic E-state index is 10.5. The summed E-state index contributed by atoms with van der Waals surface area (Å²) in [5.41, 5.74) is 0. The first-order valence-electron chi connectivity index (χ1n) is 4.04. The molecule has 2 atom stereocenters. The van der Waals surface area contributed by atoms with Crippen LogP contribution in [0.5, 0.6) is 0 Å². The molecule has 0 saturated carbocycles. The first-order valence-corrected chi connectivity index (χ1v) is 5.57. The molecule has 5 nitrogen and oxygen atoms in total. The van der Waals surface area contributed by atoms with Gasteiger partial charge in [-0.25, -0.2) is 4.57 Å². The van der Waals surface area contributed by atoms with Gasteiger partial charge in [0, 0.05) is 12.6 Å². The van der Waals surface area contributed by atoms with Crippen LogP contribution in [0, 0.1) is 0 Å². The van der Waals surface area contributed by atoms with E-state index in [0.717, 1.165) is 19.4 Å². The van der Waals surface area contributed by atoms with E-state index in [1.54, 1.807) is 0 Å². The summed E-state index contributed by atoms with van der Waals surface area (Å²) in [5, 5.41) is 0. The Hall–Kier alpha value is 0.0700. The second kappa shape index (κ2) is 2.79. The van der Waals surface area contributed by atoms with E-state index in [1.807, 2.05) is 0 Å². The molecule has 2 aliphatic heterocycles. The van der Waals surface area contributed by atoms with Gasteiger partial charge >= 0.3 is 7.82 Å². The van der Waals surface area contributed by atoms with Gasteiger partial charge in [0.2, 0.25) is 0 Å². The Morgan fingerprint density at radius 3 is 2.83 bits per heavy atom. The zero-order valence-electron chi connectivity index (χ0n) is 6.59. The zero-order chi connectivity index (χ0) is 8.77. The van der Waals surface area contributed by atoms with Crippen molar-refractivity contribution in [1.82, 2.24) is 4.90 Å². The Balaban J connectivity index is 1.89. The second-order valence-corrected chi connectivity index (χ2v) is 4.53. The quantitative estimate of drug-likeness (QED) is 0.601. The molecule has 0 aliphatic carbocycles. The average molecular weight is 193 g/mol. The lowest BCUT2D eigenvalue weighted by atomic mass is 10.0. The standard InChI is InChI=1S/C6H12NO4P/c8-12(9,10)11-6-4-7-3-1-2-5(6)7/h5-6H,1-4H2,(H2,8,9,10). The predicted molar refractivity (Wildman–Crippen MR) is 41.5 cm³/mol. The fraction of sp³-hybridized carbons (Fsp3) is 1.00. The van der Waals surface area contributed by atoms with E-state index in [1.165, 1.54) is 0 Å². The topological polar surface area (TPSA) is 70.0 Å². The first kappa shape index (κ1) is 8.66. The molecule has 2 unspecified atom stereocenters. The van der Waals surface area contributed by atoms with Crippen LogP contribution < -0.4 is 0 Å². The van der Waals surface area contributed by atoms with E-state index in [4.69, 9.17) is 9.79 Å². The Bertz CT molecular complexity index is 228. The van der Waals surface area contributed by atoms with Crippen LogP contribution in [-0.2, 0) is 9.09 Å². The minimum Gasteiger partial charge on any atom is -0.303 e. The van der Waals surface area contributed by atoms with Crippen molar-refractivity contribution in [2.75, 3.05) is 13.1 Å². The lowest BCUT2D eigenvalue weighted by Crippen LogP contribution is -2.57. The largest absolute Gasteiger partial charge is 0.469 e. The van der Waals surface area contributed by atoms with Crippen LogP contribution in [0.2, 0.25) is 0 Å². The van der Waals surface area contributed by atoms with Crippen molar-refractivity contribution >= 4 is 7.82 Å². The third-order valence-electron chi connectivity index (χ3n) is 2.53. The van der Waals surface area contributed by atoms with Crippen molar-refractivity contribution in [3.05, 3.63) is 0 Å². The summed E-state index contributed by atoms with van der Waals surface area (Å²) >= 11 is 0. The molecule has 0 aromatic carbocycles. The van der Waals surface area contributed by atoms with E-state index < -0.39 is 7.82 Å². The van der Waals surface area contributed by atoms with E-state index in [0.29, 0.717) is 6.54 Å². The van der Waals surface area contributed by atoms with Crippen LogP contribution in [0.4, 0.5) is 0 Å². The Labute approximate surface area is 70.6 Å². The molecule has 2 fully saturated rings. The first-order chi connectivity index (χ1) is 5.56. The zero-order valence-corrected chi connectivity index (χ0v) is 7.48. The minimum absolute atomic E-state index is 0.242. The normalized spacial score (nSPS) is 36.2. The fourth-order valence-electron chi connectivity index (χ4n) is 1.99. The van der Waals surface area contributed by atoms with Crippen molar-refractivity contribution in [3.8, 4) is 0 Å². The molecule has 2 rings (SSSR count). The van der Waals surface area contributed by atoms with Gasteiger partial charge in [-0.05, 0) is 19.4 Å². The number of hydrogen-bond acceptors (Lipinski definition) is 3. The van der Waals surface area contributed by atoms with Crippen LogP contribution in [0.25, 0.3) is 0 Å². The predicted octanol–water partition coefficient (Wildman–Crippen LogP) is -0.0577. The summed E-state index contributed by atoms with van der Waals surface area (Å²) in [6, 6.07) is 0.262. The number of rotatable bonds is 2. The Morgan fingerprint density at radius 1 is 1.50 bits per heavy atom.